The standard InChI is InChI=1S/C20H32N2O3/c1-2-17-5-7-18(8-6-17)22-11-9-21(10-12-22)14-19(23)15-24-16-20-4-3-13-25-20/h5-8,19-20,23H,2-4,9-16H2,1H3. The summed E-state index contributed by atoms with van der Waals surface area (Å²) in [6.07, 6.45) is 3.10. The van der Waals surface area contributed by atoms with Gasteiger partial charge in [0.15, 0.2) is 0 Å². The lowest BCUT2D eigenvalue weighted by Gasteiger charge is -2.37. The highest BCUT2D eigenvalue weighted by molar-refractivity contribution is 5.48. The smallest absolute Gasteiger partial charge is 0.0900 e. The summed E-state index contributed by atoms with van der Waals surface area (Å²) in [6, 6.07) is 8.89. The Morgan fingerprint density at radius 2 is 1.96 bits per heavy atom. The normalized spacial score (nSPS) is 23.1. The number of piperazine rings is 1. The van der Waals surface area contributed by atoms with Gasteiger partial charge in [0.2, 0.25) is 0 Å². The fraction of sp³-hybridized carbons (Fsp3) is 0.700. The van der Waals surface area contributed by atoms with E-state index >= 15 is 0 Å². The number of benzene rings is 1. The molecule has 2 heterocycles. The largest absolute Gasteiger partial charge is 0.389 e. The summed E-state index contributed by atoms with van der Waals surface area (Å²) in [5, 5.41) is 10.2. The molecule has 0 amide bonds. The van der Waals surface area contributed by atoms with E-state index in [4.69, 9.17) is 9.47 Å². The van der Waals surface area contributed by atoms with Crippen molar-refractivity contribution in [2.45, 2.75) is 38.4 Å². The molecule has 0 spiro atoms. The molecule has 2 fully saturated rings. The topological polar surface area (TPSA) is 45.2 Å². The summed E-state index contributed by atoms with van der Waals surface area (Å²) in [6.45, 7) is 8.72. The van der Waals surface area contributed by atoms with Crippen LogP contribution in [0.2, 0.25) is 0 Å². The summed E-state index contributed by atoms with van der Waals surface area (Å²) < 4.78 is 11.2. The van der Waals surface area contributed by atoms with Crippen molar-refractivity contribution >= 4 is 5.69 Å². The maximum Gasteiger partial charge on any atom is 0.0900 e. The van der Waals surface area contributed by atoms with E-state index in [0.29, 0.717) is 19.8 Å². The molecular weight excluding hydrogens is 316 g/mol. The minimum atomic E-state index is -0.420. The first-order valence-electron chi connectivity index (χ1n) is 9.68. The number of nitrogens with zero attached hydrogens (tertiary/aromatic N) is 2. The van der Waals surface area contributed by atoms with Crippen molar-refractivity contribution in [3.05, 3.63) is 29.8 Å². The molecule has 0 aliphatic carbocycles. The van der Waals surface area contributed by atoms with E-state index < -0.39 is 6.10 Å². The SMILES string of the molecule is CCc1ccc(N2CCN(CC(O)COCC3CCCO3)CC2)cc1. The van der Waals surface area contributed by atoms with Gasteiger partial charge in [-0.3, -0.25) is 4.90 Å². The zero-order valence-electron chi connectivity index (χ0n) is 15.4. The Balaban J connectivity index is 1.33. The Bertz CT molecular complexity index is 494. The molecule has 2 aliphatic rings. The molecule has 25 heavy (non-hydrogen) atoms. The van der Waals surface area contributed by atoms with Crippen LogP contribution in [-0.4, -0.2) is 74.8 Å². The van der Waals surface area contributed by atoms with Crippen LogP contribution in [0.25, 0.3) is 0 Å². The summed E-state index contributed by atoms with van der Waals surface area (Å²) in [5.74, 6) is 0. The van der Waals surface area contributed by atoms with Gasteiger partial charge in [-0.05, 0) is 37.0 Å². The maximum absolute atomic E-state index is 10.2. The highest BCUT2D eigenvalue weighted by Crippen LogP contribution is 2.18. The molecule has 0 bridgehead atoms. The molecule has 1 aromatic rings. The van der Waals surface area contributed by atoms with Gasteiger partial charge in [0.05, 0.1) is 25.4 Å². The minimum absolute atomic E-state index is 0.231. The van der Waals surface area contributed by atoms with Gasteiger partial charge in [-0.15, -0.1) is 0 Å². The van der Waals surface area contributed by atoms with E-state index in [2.05, 4.69) is 41.0 Å². The number of aliphatic hydroxyl groups is 1. The highest BCUT2D eigenvalue weighted by atomic mass is 16.5. The average molecular weight is 348 g/mol. The zero-order chi connectivity index (χ0) is 17.5. The molecule has 1 aromatic carbocycles. The van der Waals surface area contributed by atoms with Crippen molar-refractivity contribution in [2.75, 3.05) is 57.4 Å². The Morgan fingerprint density at radius 3 is 2.60 bits per heavy atom. The molecule has 5 heteroatoms. The molecule has 2 aliphatic heterocycles. The van der Waals surface area contributed by atoms with Crippen LogP contribution < -0.4 is 4.90 Å². The van der Waals surface area contributed by atoms with E-state index in [1.807, 2.05) is 0 Å². The molecule has 0 radical (unpaired) electrons. The van der Waals surface area contributed by atoms with Crippen LogP contribution in [0.15, 0.2) is 24.3 Å². The summed E-state index contributed by atoms with van der Waals surface area (Å²) in [7, 11) is 0. The lowest BCUT2D eigenvalue weighted by molar-refractivity contribution is -0.0254. The van der Waals surface area contributed by atoms with Crippen molar-refractivity contribution in [1.29, 1.82) is 0 Å². The second kappa shape index (κ2) is 9.53. The van der Waals surface area contributed by atoms with Crippen LogP contribution in [-0.2, 0) is 15.9 Å². The van der Waals surface area contributed by atoms with Gasteiger partial charge in [-0.25, -0.2) is 0 Å². The van der Waals surface area contributed by atoms with E-state index in [0.717, 1.165) is 52.0 Å². The number of aliphatic hydroxyl groups excluding tert-OH is 1. The molecule has 140 valence electrons. The monoisotopic (exact) mass is 348 g/mol. The summed E-state index contributed by atoms with van der Waals surface area (Å²) in [5.41, 5.74) is 2.69. The predicted octanol–water partition coefficient (Wildman–Crippen LogP) is 1.93. The Labute approximate surface area is 151 Å². The number of aryl methyl sites for hydroxylation is 1. The number of hydrogen-bond acceptors (Lipinski definition) is 5. The maximum atomic E-state index is 10.2. The van der Waals surface area contributed by atoms with E-state index in [1.54, 1.807) is 0 Å². The van der Waals surface area contributed by atoms with Crippen LogP contribution in [0, 0.1) is 0 Å². The third-order valence-corrected chi connectivity index (χ3v) is 5.19. The second-order valence-electron chi connectivity index (χ2n) is 7.13. The number of hydrogen-bond donors (Lipinski definition) is 1. The summed E-state index contributed by atoms with van der Waals surface area (Å²) in [4.78, 5) is 4.76. The van der Waals surface area contributed by atoms with Crippen LogP contribution in [0.3, 0.4) is 0 Å². The van der Waals surface area contributed by atoms with Gasteiger partial charge < -0.3 is 19.5 Å². The Morgan fingerprint density at radius 1 is 1.20 bits per heavy atom. The van der Waals surface area contributed by atoms with Crippen LogP contribution >= 0.6 is 0 Å². The third kappa shape index (κ3) is 5.68. The molecule has 2 atom stereocenters. The lowest BCUT2D eigenvalue weighted by atomic mass is 10.1. The number of anilines is 1. The molecule has 5 nitrogen and oxygen atoms in total. The molecule has 3 rings (SSSR count). The minimum Gasteiger partial charge on any atom is -0.389 e. The highest BCUT2D eigenvalue weighted by Gasteiger charge is 2.20. The van der Waals surface area contributed by atoms with E-state index in [9.17, 15) is 5.11 Å². The van der Waals surface area contributed by atoms with Crippen molar-refractivity contribution in [1.82, 2.24) is 4.90 Å². The molecule has 2 unspecified atom stereocenters. The summed E-state index contributed by atoms with van der Waals surface area (Å²) >= 11 is 0. The molecule has 1 N–H and O–H groups in total. The second-order valence-corrected chi connectivity index (χ2v) is 7.13. The first-order chi connectivity index (χ1) is 12.2. The van der Waals surface area contributed by atoms with Gasteiger partial charge in [0.25, 0.3) is 0 Å². The number of ether oxygens (including phenoxy) is 2. The van der Waals surface area contributed by atoms with Crippen LogP contribution in [0.5, 0.6) is 0 Å². The van der Waals surface area contributed by atoms with Gasteiger partial charge in [-0.2, -0.15) is 0 Å². The molecule has 2 saturated heterocycles. The fourth-order valence-electron chi connectivity index (χ4n) is 3.59. The molecule has 0 aromatic heterocycles. The van der Waals surface area contributed by atoms with Crippen molar-refractivity contribution in [3.8, 4) is 0 Å². The van der Waals surface area contributed by atoms with E-state index in [-0.39, 0.29) is 6.10 Å². The third-order valence-electron chi connectivity index (χ3n) is 5.19. The van der Waals surface area contributed by atoms with Crippen molar-refractivity contribution in [3.63, 3.8) is 0 Å². The average Bonchev–Trinajstić information content (AvgIpc) is 3.16. The van der Waals surface area contributed by atoms with Crippen LogP contribution in [0.4, 0.5) is 5.69 Å². The predicted molar refractivity (Wildman–Crippen MR) is 100 cm³/mol. The Kier molecular flexibility index (Phi) is 7.11. The van der Waals surface area contributed by atoms with Crippen LogP contribution in [0.1, 0.15) is 25.3 Å². The molecule has 0 saturated carbocycles. The molecular formula is C20H32N2O3. The van der Waals surface area contributed by atoms with Gasteiger partial charge in [0, 0.05) is 45.0 Å². The van der Waals surface area contributed by atoms with Crippen molar-refractivity contribution in [2.24, 2.45) is 0 Å². The first kappa shape index (κ1) is 18.6. The first-order valence-corrected chi connectivity index (χ1v) is 9.68. The van der Waals surface area contributed by atoms with Gasteiger partial charge >= 0.3 is 0 Å². The lowest BCUT2D eigenvalue weighted by Crippen LogP contribution is -2.49. The van der Waals surface area contributed by atoms with Crippen molar-refractivity contribution < 1.29 is 14.6 Å². The number of β-amino-alcohol motifs (C(OH)–C–C–N with tert-alkyl or cyclic N) is 1. The van der Waals surface area contributed by atoms with Gasteiger partial charge in [-0.1, -0.05) is 19.1 Å². The quantitative estimate of drug-likeness (QED) is 0.778. The fourth-order valence-corrected chi connectivity index (χ4v) is 3.59. The van der Waals surface area contributed by atoms with Gasteiger partial charge in [0.1, 0.15) is 0 Å². The Hall–Kier alpha value is -1.14. The zero-order valence-corrected chi connectivity index (χ0v) is 15.4. The van der Waals surface area contributed by atoms with E-state index in [1.165, 1.54) is 11.3 Å². The number of rotatable bonds is 8.